The molecule has 1 heterocycles. The fourth-order valence-electron chi connectivity index (χ4n) is 10.5. The van der Waals surface area contributed by atoms with Gasteiger partial charge >= 0.3 is 0 Å². The van der Waals surface area contributed by atoms with Crippen LogP contribution in [0.25, 0.3) is 55.9 Å². The largest absolute Gasteiger partial charge is 0.436 e. The Labute approximate surface area is 362 Å². The molecule has 0 fully saturated rings. The second kappa shape index (κ2) is 13.9. The Balaban J connectivity index is 1.05. The quantitative estimate of drug-likeness (QED) is 0.161. The summed E-state index contributed by atoms with van der Waals surface area (Å²) in [6.45, 7) is 4.70. The van der Waals surface area contributed by atoms with Crippen LogP contribution in [0, 0.1) is 0 Å². The molecule has 0 saturated carbocycles. The number of rotatable bonds is 7. The van der Waals surface area contributed by atoms with Crippen molar-refractivity contribution in [2.75, 3.05) is 4.90 Å². The van der Waals surface area contributed by atoms with Crippen LogP contribution in [0.1, 0.15) is 47.2 Å². The van der Waals surface area contributed by atoms with Gasteiger partial charge in [-0.2, -0.15) is 0 Å². The van der Waals surface area contributed by atoms with Gasteiger partial charge in [-0.1, -0.05) is 178 Å². The first-order valence-corrected chi connectivity index (χ1v) is 21.4. The Morgan fingerprint density at radius 2 is 0.855 bits per heavy atom. The van der Waals surface area contributed by atoms with Crippen molar-refractivity contribution >= 4 is 28.2 Å². The number of hydrogen-bond donors (Lipinski definition) is 0. The van der Waals surface area contributed by atoms with Crippen LogP contribution in [0.5, 0.6) is 0 Å². The van der Waals surface area contributed by atoms with Crippen LogP contribution in [0.2, 0.25) is 0 Å². The normalized spacial score (nSPS) is 13.9. The maximum Gasteiger partial charge on any atom is 0.227 e. The summed E-state index contributed by atoms with van der Waals surface area (Å²) in [5.74, 6) is 0.603. The van der Waals surface area contributed by atoms with Gasteiger partial charge in [0.1, 0.15) is 5.52 Å². The van der Waals surface area contributed by atoms with Gasteiger partial charge in [-0.25, -0.2) is 4.98 Å². The molecular weight excluding hydrogens is 753 g/mol. The highest BCUT2D eigenvalue weighted by Crippen LogP contribution is 2.58. The zero-order valence-corrected chi connectivity index (χ0v) is 34.6. The van der Waals surface area contributed by atoms with E-state index in [0.29, 0.717) is 5.89 Å². The molecule has 0 radical (unpaired) electrons. The molecule has 3 heteroatoms. The van der Waals surface area contributed by atoms with Crippen molar-refractivity contribution in [2.45, 2.75) is 24.7 Å². The molecule has 12 rings (SSSR count). The number of nitrogens with zero attached hydrogens (tertiary/aromatic N) is 2. The summed E-state index contributed by atoms with van der Waals surface area (Å²) in [5.41, 5.74) is 20.1. The predicted octanol–water partition coefficient (Wildman–Crippen LogP) is 15.3. The topological polar surface area (TPSA) is 29.3 Å². The molecule has 0 N–H and O–H groups in total. The van der Waals surface area contributed by atoms with Crippen molar-refractivity contribution in [3.63, 3.8) is 0 Å². The molecule has 10 aromatic rings. The molecule has 2 aliphatic carbocycles. The summed E-state index contributed by atoms with van der Waals surface area (Å²) in [7, 11) is 0. The lowest BCUT2D eigenvalue weighted by Crippen LogP contribution is -2.28. The molecule has 0 bridgehead atoms. The Morgan fingerprint density at radius 3 is 1.52 bits per heavy atom. The lowest BCUT2D eigenvalue weighted by molar-refractivity contribution is 0.620. The van der Waals surface area contributed by atoms with Gasteiger partial charge in [0, 0.05) is 28.0 Å². The van der Waals surface area contributed by atoms with Gasteiger partial charge in [0.2, 0.25) is 5.89 Å². The number of oxazole rings is 1. The summed E-state index contributed by atoms with van der Waals surface area (Å²) in [6, 6.07) is 79.2. The van der Waals surface area contributed by atoms with E-state index >= 15 is 0 Å². The van der Waals surface area contributed by atoms with E-state index in [4.69, 9.17) is 9.40 Å². The number of hydrogen-bond acceptors (Lipinski definition) is 3. The van der Waals surface area contributed by atoms with Crippen molar-refractivity contribution in [2.24, 2.45) is 0 Å². The average molecular weight is 795 g/mol. The van der Waals surface area contributed by atoms with Crippen molar-refractivity contribution in [1.82, 2.24) is 4.98 Å². The zero-order valence-electron chi connectivity index (χ0n) is 34.6. The molecule has 2 aliphatic rings. The molecular formula is C59H42N2O. The van der Waals surface area contributed by atoms with Crippen LogP contribution in [0.3, 0.4) is 0 Å². The Kier molecular flexibility index (Phi) is 8.10. The van der Waals surface area contributed by atoms with Gasteiger partial charge in [-0.3, -0.25) is 0 Å². The number of benzene rings is 9. The highest BCUT2D eigenvalue weighted by atomic mass is 16.3. The third-order valence-electron chi connectivity index (χ3n) is 13.4. The third kappa shape index (κ3) is 5.41. The molecule has 294 valence electrons. The summed E-state index contributed by atoms with van der Waals surface area (Å²) >= 11 is 0. The summed E-state index contributed by atoms with van der Waals surface area (Å²) < 4.78 is 6.46. The summed E-state index contributed by atoms with van der Waals surface area (Å²) in [6.07, 6.45) is 0. The first-order chi connectivity index (χ1) is 30.5. The van der Waals surface area contributed by atoms with E-state index in [2.05, 4.69) is 231 Å². The monoisotopic (exact) mass is 794 g/mol. The van der Waals surface area contributed by atoms with Crippen LogP contribution in [0.15, 0.2) is 223 Å². The van der Waals surface area contributed by atoms with E-state index in [0.717, 1.165) is 39.3 Å². The molecule has 0 unspecified atom stereocenters. The minimum atomic E-state index is -0.529. The van der Waals surface area contributed by atoms with E-state index in [9.17, 15) is 0 Å². The second-order valence-electron chi connectivity index (χ2n) is 17.1. The SMILES string of the molecule is CC1(C)c2ccccc2-c2ccc(N(c3ccc4c(c3)C(c3ccccc3)(c3ccccc3)c3ccccc3-4)c3ccc4oc(-c5ccc(-c6ccccc6)cc5)nc4c3)cc21. The molecule has 3 nitrogen and oxygen atoms in total. The average Bonchev–Trinajstić information content (AvgIpc) is 3.97. The van der Waals surface area contributed by atoms with Crippen LogP contribution in [-0.4, -0.2) is 4.98 Å². The minimum absolute atomic E-state index is 0.163. The Hall–Kier alpha value is -7.75. The standard InChI is InChI=1S/C59H42N2O/c1-58(2)51-24-14-12-22-47(51)49-33-30-44(36-53(49)58)61(46-32-35-56-55(38-46)60-57(62-56)41-28-26-40(27-29-41)39-16-6-3-7-17-39)45-31-34-50-48-23-13-15-25-52(48)59(54(50)37-45,42-18-8-4-9-19-42)43-20-10-5-11-21-43/h3-38H,1-2H3. The van der Waals surface area contributed by atoms with E-state index < -0.39 is 5.41 Å². The molecule has 9 aromatic carbocycles. The predicted molar refractivity (Wildman–Crippen MR) is 254 cm³/mol. The van der Waals surface area contributed by atoms with Crippen molar-refractivity contribution in [3.05, 3.63) is 252 Å². The van der Waals surface area contributed by atoms with Crippen molar-refractivity contribution < 1.29 is 4.42 Å². The number of aromatic nitrogens is 1. The van der Waals surface area contributed by atoms with Crippen LogP contribution >= 0.6 is 0 Å². The molecule has 0 atom stereocenters. The van der Waals surface area contributed by atoms with Gasteiger partial charge in [0.15, 0.2) is 5.58 Å². The van der Waals surface area contributed by atoms with E-state index in [1.165, 1.54) is 61.2 Å². The fourth-order valence-corrected chi connectivity index (χ4v) is 10.5. The maximum atomic E-state index is 6.46. The zero-order chi connectivity index (χ0) is 41.4. The molecule has 0 saturated heterocycles. The first-order valence-electron chi connectivity index (χ1n) is 21.4. The lowest BCUT2D eigenvalue weighted by atomic mass is 9.67. The minimum Gasteiger partial charge on any atom is -0.436 e. The Bertz CT molecular complexity index is 3270. The van der Waals surface area contributed by atoms with E-state index in [-0.39, 0.29) is 5.41 Å². The highest BCUT2D eigenvalue weighted by molar-refractivity contribution is 5.92. The van der Waals surface area contributed by atoms with Crippen molar-refractivity contribution in [3.8, 4) is 44.8 Å². The summed E-state index contributed by atoms with van der Waals surface area (Å²) in [4.78, 5) is 7.53. The molecule has 0 spiro atoms. The maximum absolute atomic E-state index is 6.46. The van der Waals surface area contributed by atoms with Gasteiger partial charge in [0.05, 0.1) is 5.41 Å². The van der Waals surface area contributed by atoms with Crippen LogP contribution in [-0.2, 0) is 10.8 Å². The lowest BCUT2D eigenvalue weighted by Gasteiger charge is -2.35. The fraction of sp³-hybridized carbons (Fsp3) is 0.0678. The van der Waals surface area contributed by atoms with Gasteiger partial charge in [-0.15, -0.1) is 0 Å². The van der Waals surface area contributed by atoms with Gasteiger partial charge in [-0.05, 0) is 121 Å². The second-order valence-corrected chi connectivity index (χ2v) is 17.1. The Morgan fingerprint density at radius 1 is 0.387 bits per heavy atom. The van der Waals surface area contributed by atoms with Crippen molar-refractivity contribution in [1.29, 1.82) is 0 Å². The van der Waals surface area contributed by atoms with Gasteiger partial charge in [0.25, 0.3) is 0 Å². The smallest absolute Gasteiger partial charge is 0.227 e. The van der Waals surface area contributed by atoms with E-state index in [1.54, 1.807) is 0 Å². The summed E-state index contributed by atoms with van der Waals surface area (Å²) in [5, 5.41) is 0. The number of fused-ring (bicyclic) bond motifs is 7. The van der Waals surface area contributed by atoms with E-state index in [1.807, 2.05) is 6.07 Å². The van der Waals surface area contributed by atoms with Gasteiger partial charge < -0.3 is 9.32 Å². The first kappa shape index (κ1) is 36.1. The van der Waals surface area contributed by atoms with Crippen LogP contribution in [0.4, 0.5) is 17.1 Å². The molecule has 0 amide bonds. The molecule has 0 aliphatic heterocycles. The number of anilines is 3. The highest BCUT2D eigenvalue weighted by Gasteiger charge is 2.46. The van der Waals surface area contributed by atoms with Crippen LogP contribution < -0.4 is 4.90 Å². The molecule has 1 aromatic heterocycles. The third-order valence-corrected chi connectivity index (χ3v) is 13.4. The molecule has 62 heavy (non-hydrogen) atoms.